The molecule has 2 aromatic rings. The first-order chi connectivity index (χ1) is 14.0. The second kappa shape index (κ2) is 9.13. The van der Waals surface area contributed by atoms with Gasteiger partial charge in [0, 0.05) is 31.3 Å². The van der Waals surface area contributed by atoms with Gasteiger partial charge in [0.1, 0.15) is 12.3 Å². The molecule has 0 spiro atoms. The average Bonchev–Trinajstić information content (AvgIpc) is 3.01. The predicted octanol–water partition coefficient (Wildman–Crippen LogP) is 4.24. The van der Waals surface area contributed by atoms with Crippen LogP contribution < -0.4 is 4.90 Å². The number of non-ortho nitro benzene ring substituents is 1. The monoisotopic (exact) mass is 399 g/mol. The van der Waals surface area contributed by atoms with Gasteiger partial charge in [0.15, 0.2) is 0 Å². The van der Waals surface area contributed by atoms with Crippen molar-refractivity contribution in [3.05, 3.63) is 73.8 Å². The van der Waals surface area contributed by atoms with Gasteiger partial charge in [0.2, 0.25) is 0 Å². The summed E-state index contributed by atoms with van der Waals surface area (Å²) in [6.07, 6.45) is 4.18. The lowest BCUT2D eigenvalue weighted by Crippen LogP contribution is -2.24. The molecule has 1 aliphatic heterocycles. The lowest BCUT2D eigenvalue weighted by molar-refractivity contribution is -0.384. The third-order valence-corrected chi connectivity index (χ3v) is 4.87. The maximum absolute atomic E-state index is 12.3. The molecule has 1 saturated heterocycles. The summed E-state index contributed by atoms with van der Waals surface area (Å²) in [7, 11) is 0. The van der Waals surface area contributed by atoms with Crippen LogP contribution in [0.15, 0.2) is 42.5 Å². The fraction of sp³-hybridized carbons (Fsp3) is 0.350. The van der Waals surface area contributed by atoms with E-state index >= 15 is 0 Å². The molecule has 0 atom stereocenters. The summed E-state index contributed by atoms with van der Waals surface area (Å²) in [5, 5.41) is 22.2. The number of ether oxygens (including phenoxy) is 1. The maximum atomic E-state index is 12.3. The Morgan fingerprint density at radius 3 is 2.17 bits per heavy atom. The first-order valence-corrected chi connectivity index (χ1v) is 9.39. The van der Waals surface area contributed by atoms with Gasteiger partial charge in [-0.15, -0.1) is 0 Å². The number of hydrogen-bond donors (Lipinski definition) is 0. The highest BCUT2D eigenvalue weighted by atomic mass is 16.6. The van der Waals surface area contributed by atoms with E-state index in [9.17, 15) is 25.0 Å². The molecule has 9 nitrogen and oxygen atoms in total. The Morgan fingerprint density at radius 1 is 0.931 bits per heavy atom. The molecule has 0 N–H and O–H groups in total. The van der Waals surface area contributed by atoms with Crippen LogP contribution in [0.2, 0.25) is 0 Å². The zero-order valence-corrected chi connectivity index (χ0v) is 15.8. The fourth-order valence-electron chi connectivity index (χ4n) is 3.32. The van der Waals surface area contributed by atoms with Gasteiger partial charge in [-0.2, -0.15) is 0 Å². The first kappa shape index (κ1) is 20.2. The van der Waals surface area contributed by atoms with Gasteiger partial charge in [-0.05, 0) is 42.7 Å². The Hall–Kier alpha value is -3.49. The average molecular weight is 399 g/mol. The van der Waals surface area contributed by atoms with Gasteiger partial charge < -0.3 is 9.64 Å². The van der Waals surface area contributed by atoms with Crippen LogP contribution >= 0.6 is 0 Å². The van der Waals surface area contributed by atoms with Gasteiger partial charge in [0.05, 0.1) is 15.4 Å². The first-order valence-electron chi connectivity index (χ1n) is 9.39. The van der Waals surface area contributed by atoms with Crippen molar-refractivity contribution in [2.45, 2.75) is 32.3 Å². The van der Waals surface area contributed by atoms with Crippen LogP contribution in [0.1, 0.15) is 41.6 Å². The van der Waals surface area contributed by atoms with E-state index in [4.69, 9.17) is 4.74 Å². The Labute approximate surface area is 167 Å². The number of carbonyl (C=O) groups is 1. The van der Waals surface area contributed by atoms with Gasteiger partial charge >= 0.3 is 5.97 Å². The largest absolute Gasteiger partial charge is 0.457 e. The van der Waals surface area contributed by atoms with E-state index in [0.717, 1.165) is 38.8 Å². The quantitative estimate of drug-likeness (QED) is 0.405. The third kappa shape index (κ3) is 5.07. The van der Waals surface area contributed by atoms with E-state index in [1.54, 1.807) is 6.07 Å². The molecule has 1 aliphatic rings. The standard InChI is InChI=1S/C20H21N3O6/c24-20(29-14-15-5-8-17(9-6-15)22(25)26)16-7-10-18(19(13-16)23(27)28)21-11-3-1-2-4-12-21/h5-10,13H,1-4,11-12,14H2. The molecule has 0 amide bonds. The molecule has 9 heteroatoms. The summed E-state index contributed by atoms with van der Waals surface area (Å²) in [4.78, 5) is 35.6. The molecule has 2 aromatic carbocycles. The van der Waals surface area contributed by atoms with Crippen molar-refractivity contribution in [1.29, 1.82) is 0 Å². The molecule has 0 radical (unpaired) electrons. The van der Waals surface area contributed by atoms with Gasteiger partial charge in [-0.3, -0.25) is 20.2 Å². The van der Waals surface area contributed by atoms with Crippen molar-refractivity contribution in [3.8, 4) is 0 Å². The predicted molar refractivity (Wildman–Crippen MR) is 106 cm³/mol. The van der Waals surface area contributed by atoms with Crippen molar-refractivity contribution < 1.29 is 19.4 Å². The van der Waals surface area contributed by atoms with E-state index in [2.05, 4.69) is 0 Å². The number of hydrogen-bond acceptors (Lipinski definition) is 7. The Bertz CT molecular complexity index is 905. The van der Waals surface area contributed by atoms with E-state index < -0.39 is 15.8 Å². The number of nitro benzene ring substituents is 2. The second-order valence-electron chi connectivity index (χ2n) is 6.86. The maximum Gasteiger partial charge on any atom is 0.338 e. The zero-order chi connectivity index (χ0) is 20.8. The van der Waals surface area contributed by atoms with Crippen molar-refractivity contribution >= 4 is 23.0 Å². The SMILES string of the molecule is O=C(OCc1ccc([N+](=O)[O-])cc1)c1ccc(N2CCCCCC2)c([N+](=O)[O-])c1. The Balaban J connectivity index is 1.72. The third-order valence-electron chi connectivity index (χ3n) is 4.87. The minimum atomic E-state index is -0.686. The van der Waals surface area contributed by atoms with Crippen LogP contribution in [-0.2, 0) is 11.3 Å². The van der Waals surface area contributed by atoms with Crippen LogP contribution in [0.5, 0.6) is 0 Å². The summed E-state index contributed by atoms with van der Waals surface area (Å²) in [5.74, 6) is -0.686. The van der Waals surface area contributed by atoms with Crippen molar-refractivity contribution in [2.75, 3.05) is 18.0 Å². The molecule has 0 saturated carbocycles. The van der Waals surface area contributed by atoms with E-state index in [0.29, 0.717) is 11.3 Å². The minimum Gasteiger partial charge on any atom is -0.457 e. The topological polar surface area (TPSA) is 116 Å². The normalized spacial score (nSPS) is 14.1. The van der Waals surface area contributed by atoms with E-state index in [1.807, 2.05) is 4.90 Å². The van der Waals surface area contributed by atoms with Gasteiger partial charge in [-0.1, -0.05) is 12.8 Å². The highest BCUT2D eigenvalue weighted by Crippen LogP contribution is 2.31. The summed E-state index contributed by atoms with van der Waals surface area (Å²) in [6.45, 7) is 1.42. The molecule has 29 heavy (non-hydrogen) atoms. The minimum absolute atomic E-state index is 0.0557. The Kier molecular flexibility index (Phi) is 6.38. The molecule has 1 fully saturated rings. The number of carbonyl (C=O) groups excluding carboxylic acids is 1. The molecule has 3 rings (SSSR count). The van der Waals surface area contributed by atoms with Crippen LogP contribution in [-0.4, -0.2) is 28.9 Å². The number of rotatable bonds is 6. The van der Waals surface area contributed by atoms with Crippen molar-refractivity contribution in [1.82, 2.24) is 0 Å². The van der Waals surface area contributed by atoms with Crippen molar-refractivity contribution in [3.63, 3.8) is 0 Å². The molecule has 0 unspecified atom stereocenters. The number of anilines is 1. The number of nitrogens with zero attached hydrogens (tertiary/aromatic N) is 3. The van der Waals surface area contributed by atoms with Crippen LogP contribution in [0, 0.1) is 20.2 Å². The fourth-order valence-corrected chi connectivity index (χ4v) is 3.32. The number of benzene rings is 2. The highest BCUT2D eigenvalue weighted by Gasteiger charge is 2.23. The molecule has 152 valence electrons. The van der Waals surface area contributed by atoms with E-state index in [1.165, 1.54) is 36.4 Å². The molecule has 1 heterocycles. The smallest absolute Gasteiger partial charge is 0.338 e. The van der Waals surface area contributed by atoms with Gasteiger partial charge in [-0.25, -0.2) is 4.79 Å². The summed E-state index contributed by atoms with van der Waals surface area (Å²) in [6, 6.07) is 10.0. The lowest BCUT2D eigenvalue weighted by Gasteiger charge is -2.22. The molecule has 0 aromatic heterocycles. The second-order valence-corrected chi connectivity index (χ2v) is 6.86. The number of nitro groups is 2. The van der Waals surface area contributed by atoms with Crippen LogP contribution in [0.3, 0.4) is 0 Å². The molecular formula is C20H21N3O6. The Morgan fingerprint density at radius 2 is 1.59 bits per heavy atom. The zero-order valence-electron chi connectivity index (χ0n) is 15.8. The van der Waals surface area contributed by atoms with Crippen LogP contribution in [0.25, 0.3) is 0 Å². The highest BCUT2D eigenvalue weighted by molar-refractivity contribution is 5.91. The number of esters is 1. The summed E-state index contributed by atoms with van der Waals surface area (Å²) < 4.78 is 5.21. The summed E-state index contributed by atoms with van der Waals surface area (Å²) in [5.41, 5.74) is 1.03. The van der Waals surface area contributed by atoms with E-state index in [-0.39, 0.29) is 23.5 Å². The molecule has 0 bridgehead atoms. The lowest BCUT2D eigenvalue weighted by atomic mass is 10.1. The van der Waals surface area contributed by atoms with Crippen LogP contribution in [0.4, 0.5) is 17.1 Å². The molecular weight excluding hydrogens is 378 g/mol. The van der Waals surface area contributed by atoms with Gasteiger partial charge in [0.25, 0.3) is 11.4 Å². The molecule has 0 aliphatic carbocycles. The van der Waals surface area contributed by atoms with Crippen molar-refractivity contribution in [2.24, 2.45) is 0 Å². The summed E-state index contributed by atoms with van der Waals surface area (Å²) >= 11 is 0.